The average molecular weight is 281 g/mol. The number of aryl methyl sites for hydroxylation is 1. The van der Waals surface area contributed by atoms with Crippen LogP contribution >= 0.6 is 11.3 Å². The molecule has 4 nitrogen and oxygen atoms in total. The fourth-order valence-electron chi connectivity index (χ4n) is 2.83. The highest BCUT2D eigenvalue weighted by Gasteiger charge is 2.38. The monoisotopic (exact) mass is 281 g/mol. The molecule has 0 radical (unpaired) electrons. The SMILES string of the molecule is CNC1C(=O)N(Cc2cnc(C)s2)CCCC1(C)C. The molecule has 1 atom stereocenters. The molecule has 1 unspecified atom stereocenters. The van der Waals surface area contributed by atoms with Gasteiger partial charge < -0.3 is 10.2 Å². The Morgan fingerprint density at radius 2 is 2.32 bits per heavy atom. The summed E-state index contributed by atoms with van der Waals surface area (Å²) in [6.07, 6.45) is 4.02. The highest BCUT2D eigenvalue weighted by Crippen LogP contribution is 2.31. The molecule has 0 spiro atoms. The second-order valence-electron chi connectivity index (χ2n) is 5.92. The maximum atomic E-state index is 12.7. The number of hydrogen-bond acceptors (Lipinski definition) is 4. The van der Waals surface area contributed by atoms with Crippen LogP contribution in [-0.4, -0.2) is 35.4 Å². The Bertz CT molecular complexity index is 455. The number of hydrogen-bond donors (Lipinski definition) is 1. The topological polar surface area (TPSA) is 45.2 Å². The van der Waals surface area contributed by atoms with Gasteiger partial charge in [-0.05, 0) is 32.2 Å². The molecular weight excluding hydrogens is 258 g/mol. The van der Waals surface area contributed by atoms with Gasteiger partial charge in [-0.1, -0.05) is 13.8 Å². The molecule has 1 aliphatic heterocycles. The van der Waals surface area contributed by atoms with Gasteiger partial charge >= 0.3 is 0 Å². The molecule has 0 aromatic carbocycles. The average Bonchev–Trinajstić information content (AvgIpc) is 2.69. The number of nitrogens with zero attached hydrogens (tertiary/aromatic N) is 2. The summed E-state index contributed by atoms with van der Waals surface area (Å²) in [5.74, 6) is 0.219. The number of aromatic nitrogens is 1. The minimum Gasteiger partial charge on any atom is -0.336 e. The van der Waals surface area contributed by atoms with E-state index in [1.807, 2.05) is 25.1 Å². The Balaban J connectivity index is 2.15. The zero-order valence-corrected chi connectivity index (χ0v) is 13.0. The van der Waals surface area contributed by atoms with Gasteiger partial charge in [-0.3, -0.25) is 4.79 Å². The molecule has 1 aromatic rings. The first-order valence-electron chi connectivity index (χ1n) is 6.81. The molecule has 0 bridgehead atoms. The lowest BCUT2D eigenvalue weighted by Crippen LogP contribution is -2.50. The second kappa shape index (κ2) is 5.59. The van der Waals surface area contributed by atoms with Gasteiger partial charge in [0.2, 0.25) is 5.91 Å². The molecule has 2 heterocycles. The number of carbonyl (C=O) groups excluding carboxylic acids is 1. The summed E-state index contributed by atoms with van der Waals surface area (Å²) in [4.78, 5) is 20.1. The third kappa shape index (κ3) is 3.15. The van der Waals surface area contributed by atoms with Gasteiger partial charge in [0.1, 0.15) is 0 Å². The van der Waals surface area contributed by atoms with Crippen molar-refractivity contribution >= 4 is 17.2 Å². The molecule has 5 heteroatoms. The fraction of sp³-hybridized carbons (Fsp3) is 0.714. The van der Waals surface area contributed by atoms with Crippen molar-refractivity contribution in [2.45, 2.75) is 46.2 Å². The second-order valence-corrected chi connectivity index (χ2v) is 7.24. The van der Waals surface area contributed by atoms with Crippen molar-refractivity contribution in [3.8, 4) is 0 Å². The number of rotatable bonds is 3. The van der Waals surface area contributed by atoms with Crippen LogP contribution in [0.25, 0.3) is 0 Å². The highest BCUT2D eigenvalue weighted by molar-refractivity contribution is 7.11. The normalized spacial score (nSPS) is 23.5. The van der Waals surface area contributed by atoms with Crippen LogP contribution in [-0.2, 0) is 11.3 Å². The lowest BCUT2D eigenvalue weighted by atomic mass is 9.80. The molecule has 1 aliphatic rings. The molecule has 0 aliphatic carbocycles. The van der Waals surface area contributed by atoms with Gasteiger partial charge in [-0.25, -0.2) is 4.98 Å². The molecule has 19 heavy (non-hydrogen) atoms. The van der Waals surface area contributed by atoms with E-state index < -0.39 is 0 Å². The van der Waals surface area contributed by atoms with Crippen LogP contribution in [0.2, 0.25) is 0 Å². The van der Waals surface area contributed by atoms with Gasteiger partial charge in [-0.15, -0.1) is 11.3 Å². The Morgan fingerprint density at radius 1 is 1.58 bits per heavy atom. The molecule has 1 aromatic heterocycles. The molecular formula is C14H23N3OS. The Hall–Kier alpha value is -0.940. The molecule has 106 valence electrons. The Labute approximate surface area is 119 Å². The van der Waals surface area contributed by atoms with Crippen LogP contribution in [0.5, 0.6) is 0 Å². The third-order valence-corrected chi connectivity index (χ3v) is 4.79. The standard InChI is InChI=1S/C14H23N3OS/c1-10-16-8-11(19-10)9-17-7-5-6-14(2,3)12(15-4)13(17)18/h8,12,15H,5-7,9H2,1-4H3. The quantitative estimate of drug-likeness (QED) is 0.923. The van der Waals surface area contributed by atoms with E-state index in [1.165, 1.54) is 4.88 Å². The molecule has 2 rings (SSSR count). The van der Waals surface area contributed by atoms with Crippen molar-refractivity contribution in [2.24, 2.45) is 5.41 Å². The van der Waals surface area contributed by atoms with Crippen molar-refractivity contribution < 1.29 is 4.79 Å². The number of thiazole rings is 1. The number of carbonyl (C=O) groups is 1. The third-order valence-electron chi connectivity index (χ3n) is 3.89. The van der Waals surface area contributed by atoms with E-state index in [-0.39, 0.29) is 17.4 Å². The van der Waals surface area contributed by atoms with Gasteiger partial charge in [0.05, 0.1) is 17.6 Å². The van der Waals surface area contributed by atoms with E-state index in [9.17, 15) is 4.79 Å². The van der Waals surface area contributed by atoms with Crippen LogP contribution in [0, 0.1) is 12.3 Å². The van der Waals surface area contributed by atoms with Crippen LogP contribution in [0.15, 0.2) is 6.20 Å². The summed E-state index contributed by atoms with van der Waals surface area (Å²) >= 11 is 1.67. The summed E-state index contributed by atoms with van der Waals surface area (Å²) in [6, 6.07) is -0.0935. The molecule has 1 saturated heterocycles. The van der Waals surface area contributed by atoms with Crippen molar-refractivity contribution in [1.82, 2.24) is 15.2 Å². The van der Waals surface area contributed by atoms with Crippen LogP contribution in [0.1, 0.15) is 36.6 Å². The minimum absolute atomic E-state index is 0.0181. The molecule has 1 amide bonds. The Kier molecular flexibility index (Phi) is 4.26. The first kappa shape index (κ1) is 14.5. The minimum atomic E-state index is -0.0935. The zero-order valence-electron chi connectivity index (χ0n) is 12.2. The van der Waals surface area contributed by atoms with Crippen LogP contribution in [0.4, 0.5) is 0 Å². The number of likely N-dealkylation sites (N-methyl/N-ethyl adjacent to an activating group) is 1. The molecule has 1 fully saturated rings. The van der Waals surface area contributed by atoms with E-state index in [2.05, 4.69) is 24.1 Å². The predicted octanol–water partition coefficient (Wildman–Crippen LogP) is 2.19. The number of amides is 1. The van der Waals surface area contributed by atoms with Crippen molar-refractivity contribution in [3.05, 3.63) is 16.1 Å². The Morgan fingerprint density at radius 3 is 2.89 bits per heavy atom. The zero-order chi connectivity index (χ0) is 14.0. The van der Waals surface area contributed by atoms with Crippen LogP contribution < -0.4 is 5.32 Å². The summed E-state index contributed by atoms with van der Waals surface area (Å²) in [6.45, 7) is 7.88. The van der Waals surface area contributed by atoms with E-state index >= 15 is 0 Å². The summed E-state index contributed by atoms with van der Waals surface area (Å²) in [7, 11) is 1.88. The number of nitrogens with one attached hydrogen (secondary N) is 1. The smallest absolute Gasteiger partial charge is 0.240 e. The molecule has 1 N–H and O–H groups in total. The van der Waals surface area contributed by atoms with Gasteiger partial charge in [0.15, 0.2) is 0 Å². The summed E-state index contributed by atoms with van der Waals surface area (Å²) < 4.78 is 0. The van der Waals surface area contributed by atoms with Gasteiger partial charge in [-0.2, -0.15) is 0 Å². The molecule has 0 saturated carbocycles. The number of likely N-dealkylation sites (tertiary alicyclic amines) is 1. The lowest BCUT2D eigenvalue weighted by Gasteiger charge is -2.32. The first-order valence-corrected chi connectivity index (χ1v) is 7.63. The highest BCUT2D eigenvalue weighted by atomic mass is 32.1. The van der Waals surface area contributed by atoms with E-state index in [0.29, 0.717) is 6.54 Å². The first-order chi connectivity index (χ1) is 8.94. The van der Waals surface area contributed by atoms with Crippen molar-refractivity contribution in [1.29, 1.82) is 0 Å². The fourth-order valence-corrected chi connectivity index (χ4v) is 3.65. The van der Waals surface area contributed by atoms with Crippen LogP contribution in [0.3, 0.4) is 0 Å². The van der Waals surface area contributed by atoms with E-state index in [4.69, 9.17) is 0 Å². The predicted molar refractivity (Wildman–Crippen MR) is 78.1 cm³/mol. The maximum absolute atomic E-state index is 12.7. The van der Waals surface area contributed by atoms with E-state index in [0.717, 1.165) is 24.4 Å². The van der Waals surface area contributed by atoms with Gasteiger partial charge in [0, 0.05) is 17.6 Å². The van der Waals surface area contributed by atoms with Crippen molar-refractivity contribution in [2.75, 3.05) is 13.6 Å². The summed E-state index contributed by atoms with van der Waals surface area (Å²) in [5.41, 5.74) is 0.0181. The maximum Gasteiger partial charge on any atom is 0.240 e. The summed E-state index contributed by atoms with van der Waals surface area (Å²) in [5, 5.41) is 4.26. The van der Waals surface area contributed by atoms with E-state index in [1.54, 1.807) is 11.3 Å². The van der Waals surface area contributed by atoms with Crippen molar-refractivity contribution in [3.63, 3.8) is 0 Å². The largest absolute Gasteiger partial charge is 0.336 e. The van der Waals surface area contributed by atoms with Gasteiger partial charge in [0.25, 0.3) is 0 Å². The lowest BCUT2D eigenvalue weighted by molar-refractivity contribution is -0.135.